The van der Waals surface area contributed by atoms with E-state index in [9.17, 15) is 9.90 Å². The first-order valence-electron chi connectivity index (χ1n) is 8.96. The molecule has 0 aromatic rings. The van der Waals surface area contributed by atoms with Crippen LogP contribution in [0.15, 0.2) is 0 Å². The van der Waals surface area contributed by atoms with Crippen molar-refractivity contribution in [1.29, 1.82) is 0 Å². The third-order valence-corrected chi connectivity index (χ3v) is 4.34. The molecular weight excluding hydrogens is 264 g/mol. The van der Waals surface area contributed by atoms with Crippen molar-refractivity contribution in [3.8, 4) is 0 Å². The fourth-order valence-corrected chi connectivity index (χ4v) is 2.62. The Labute approximate surface area is 131 Å². The van der Waals surface area contributed by atoms with Crippen LogP contribution in [0.2, 0.25) is 0 Å². The van der Waals surface area contributed by atoms with Crippen LogP contribution in [-0.2, 0) is 4.79 Å². The van der Waals surface area contributed by atoms with E-state index in [-0.39, 0.29) is 6.42 Å². The van der Waals surface area contributed by atoms with Crippen LogP contribution in [0.5, 0.6) is 0 Å². The lowest BCUT2D eigenvalue weighted by molar-refractivity contribution is -0.139. The molecule has 0 heterocycles. The standard InChI is InChI=1S/C18H36O3/c1-3-16(2)13-11-9-7-5-4-6-8-10-12-14-17(19)15-18(20)21/h16-17,19H,3-15H2,1-2H3,(H,20,21). The first kappa shape index (κ1) is 20.4. The van der Waals surface area contributed by atoms with Crippen LogP contribution < -0.4 is 0 Å². The van der Waals surface area contributed by atoms with E-state index in [1.807, 2.05) is 0 Å². The van der Waals surface area contributed by atoms with Crippen molar-refractivity contribution in [1.82, 2.24) is 0 Å². The summed E-state index contributed by atoms with van der Waals surface area (Å²) >= 11 is 0. The molecule has 126 valence electrons. The highest BCUT2D eigenvalue weighted by Gasteiger charge is 2.08. The molecule has 0 amide bonds. The molecule has 21 heavy (non-hydrogen) atoms. The summed E-state index contributed by atoms with van der Waals surface area (Å²) in [6.07, 6.45) is 13.9. The zero-order valence-corrected chi connectivity index (χ0v) is 14.1. The van der Waals surface area contributed by atoms with Crippen molar-refractivity contribution in [2.24, 2.45) is 5.92 Å². The van der Waals surface area contributed by atoms with Gasteiger partial charge in [-0.05, 0) is 12.3 Å². The molecule has 0 aromatic carbocycles. The van der Waals surface area contributed by atoms with E-state index in [4.69, 9.17) is 5.11 Å². The Kier molecular flexibility index (Phi) is 14.0. The lowest BCUT2D eigenvalue weighted by Gasteiger charge is -2.08. The number of carboxylic acids is 1. The maximum atomic E-state index is 10.4. The van der Waals surface area contributed by atoms with Gasteiger partial charge in [-0.3, -0.25) is 4.79 Å². The van der Waals surface area contributed by atoms with Crippen LogP contribution in [0, 0.1) is 5.92 Å². The minimum atomic E-state index is -0.907. The maximum absolute atomic E-state index is 10.4. The van der Waals surface area contributed by atoms with E-state index in [0.29, 0.717) is 6.42 Å². The highest BCUT2D eigenvalue weighted by atomic mass is 16.4. The van der Waals surface area contributed by atoms with Crippen LogP contribution in [0.25, 0.3) is 0 Å². The van der Waals surface area contributed by atoms with Gasteiger partial charge in [-0.2, -0.15) is 0 Å². The Morgan fingerprint density at radius 2 is 1.29 bits per heavy atom. The second kappa shape index (κ2) is 14.4. The largest absolute Gasteiger partial charge is 0.481 e. The Bertz CT molecular complexity index is 241. The molecule has 0 saturated carbocycles. The summed E-state index contributed by atoms with van der Waals surface area (Å²) in [5.74, 6) is -0.0164. The summed E-state index contributed by atoms with van der Waals surface area (Å²) < 4.78 is 0. The fraction of sp³-hybridized carbons (Fsp3) is 0.944. The zero-order valence-electron chi connectivity index (χ0n) is 14.1. The van der Waals surface area contributed by atoms with Crippen molar-refractivity contribution in [2.75, 3.05) is 0 Å². The lowest BCUT2D eigenvalue weighted by atomic mass is 9.99. The van der Waals surface area contributed by atoms with Gasteiger partial charge in [-0.25, -0.2) is 0 Å². The average Bonchev–Trinajstić information content (AvgIpc) is 2.43. The molecule has 0 radical (unpaired) electrons. The van der Waals surface area contributed by atoms with Gasteiger partial charge in [0.05, 0.1) is 12.5 Å². The molecule has 0 aliphatic heterocycles. The van der Waals surface area contributed by atoms with Crippen LogP contribution >= 0.6 is 0 Å². The normalized spacial score (nSPS) is 14.0. The summed E-state index contributed by atoms with van der Waals surface area (Å²) in [7, 11) is 0. The topological polar surface area (TPSA) is 57.5 Å². The van der Waals surface area contributed by atoms with Gasteiger partial charge in [0.25, 0.3) is 0 Å². The molecule has 0 bridgehead atoms. The van der Waals surface area contributed by atoms with E-state index in [1.54, 1.807) is 0 Å². The molecule has 2 N–H and O–H groups in total. The highest BCUT2D eigenvalue weighted by molar-refractivity contribution is 5.67. The number of unbranched alkanes of at least 4 members (excludes halogenated alkanes) is 8. The van der Waals surface area contributed by atoms with Gasteiger partial charge in [0, 0.05) is 0 Å². The molecule has 0 aliphatic rings. The second-order valence-electron chi connectivity index (χ2n) is 6.52. The average molecular weight is 300 g/mol. The number of carbonyl (C=O) groups is 1. The third-order valence-electron chi connectivity index (χ3n) is 4.34. The van der Waals surface area contributed by atoms with Crippen LogP contribution in [0.1, 0.15) is 97.3 Å². The van der Waals surface area contributed by atoms with E-state index in [0.717, 1.165) is 18.8 Å². The number of aliphatic hydroxyl groups excluding tert-OH is 1. The maximum Gasteiger partial charge on any atom is 0.305 e. The molecule has 0 spiro atoms. The number of aliphatic hydroxyl groups is 1. The first-order chi connectivity index (χ1) is 10.1. The molecule has 0 rings (SSSR count). The summed E-state index contributed by atoms with van der Waals surface area (Å²) in [4.78, 5) is 10.4. The minimum Gasteiger partial charge on any atom is -0.481 e. The van der Waals surface area contributed by atoms with Crippen molar-refractivity contribution in [3.63, 3.8) is 0 Å². The molecule has 2 atom stereocenters. The predicted molar refractivity (Wildman–Crippen MR) is 88.5 cm³/mol. The van der Waals surface area contributed by atoms with Gasteiger partial charge in [0.15, 0.2) is 0 Å². The fourth-order valence-electron chi connectivity index (χ4n) is 2.62. The Hall–Kier alpha value is -0.570. The van der Waals surface area contributed by atoms with E-state index >= 15 is 0 Å². The van der Waals surface area contributed by atoms with Crippen LogP contribution in [0.3, 0.4) is 0 Å². The monoisotopic (exact) mass is 300 g/mol. The molecule has 3 nitrogen and oxygen atoms in total. The predicted octanol–water partition coefficient (Wildman–Crippen LogP) is 5.16. The van der Waals surface area contributed by atoms with Gasteiger partial charge in [0.1, 0.15) is 0 Å². The second-order valence-corrected chi connectivity index (χ2v) is 6.52. The van der Waals surface area contributed by atoms with Gasteiger partial charge in [-0.15, -0.1) is 0 Å². The lowest BCUT2D eigenvalue weighted by Crippen LogP contribution is -2.12. The first-order valence-corrected chi connectivity index (χ1v) is 8.96. The van der Waals surface area contributed by atoms with E-state index in [1.165, 1.54) is 57.8 Å². The van der Waals surface area contributed by atoms with Crippen molar-refractivity contribution < 1.29 is 15.0 Å². The highest BCUT2D eigenvalue weighted by Crippen LogP contribution is 2.15. The minimum absolute atomic E-state index is 0.114. The molecule has 0 aliphatic carbocycles. The van der Waals surface area contributed by atoms with Gasteiger partial charge < -0.3 is 10.2 Å². The van der Waals surface area contributed by atoms with Crippen LogP contribution in [0.4, 0.5) is 0 Å². The Morgan fingerprint density at radius 3 is 1.71 bits per heavy atom. The van der Waals surface area contributed by atoms with Crippen molar-refractivity contribution in [2.45, 2.75) is 103 Å². The molecule has 3 heteroatoms. The van der Waals surface area contributed by atoms with Gasteiger partial charge >= 0.3 is 5.97 Å². The Balaban J connectivity index is 3.14. The number of carboxylic acid groups (broad SMARTS) is 1. The van der Waals surface area contributed by atoms with Crippen molar-refractivity contribution in [3.05, 3.63) is 0 Å². The number of hydrogen-bond donors (Lipinski definition) is 2. The molecule has 2 unspecified atom stereocenters. The van der Waals surface area contributed by atoms with Crippen LogP contribution in [-0.4, -0.2) is 22.3 Å². The van der Waals surface area contributed by atoms with Gasteiger partial charge in [0.2, 0.25) is 0 Å². The quantitative estimate of drug-likeness (QED) is 0.411. The molecule has 0 fully saturated rings. The van der Waals surface area contributed by atoms with E-state index in [2.05, 4.69) is 13.8 Å². The summed E-state index contributed by atoms with van der Waals surface area (Å²) in [5, 5.41) is 17.9. The molecule has 0 saturated heterocycles. The number of rotatable bonds is 15. The summed E-state index contributed by atoms with van der Waals surface area (Å²) in [6, 6.07) is 0. The summed E-state index contributed by atoms with van der Waals surface area (Å²) in [5.41, 5.74) is 0. The summed E-state index contributed by atoms with van der Waals surface area (Å²) in [6.45, 7) is 4.61. The zero-order chi connectivity index (χ0) is 15.9. The smallest absolute Gasteiger partial charge is 0.305 e. The number of aliphatic carboxylic acids is 1. The Morgan fingerprint density at radius 1 is 0.857 bits per heavy atom. The molecule has 0 aromatic heterocycles. The van der Waals surface area contributed by atoms with Gasteiger partial charge in [-0.1, -0.05) is 84.5 Å². The SMILES string of the molecule is CCC(C)CCCCCCCCCCCC(O)CC(=O)O. The third kappa shape index (κ3) is 15.6. The van der Waals surface area contributed by atoms with Crippen molar-refractivity contribution >= 4 is 5.97 Å². The molecular formula is C18H36O3. The van der Waals surface area contributed by atoms with E-state index < -0.39 is 12.1 Å². The number of hydrogen-bond acceptors (Lipinski definition) is 2.